The van der Waals surface area contributed by atoms with Crippen molar-refractivity contribution in [1.29, 1.82) is 5.26 Å². The maximum Gasteiger partial charge on any atom is 0.216 e. The van der Waals surface area contributed by atoms with Crippen LogP contribution in [-0.2, 0) is 4.79 Å². The third-order valence-corrected chi connectivity index (χ3v) is 5.64. The summed E-state index contributed by atoms with van der Waals surface area (Å²) in [5, 5.41) is 14.6. The summed E-state index contributed by atoms with van der Waals surface area (Å²) < 4.78 is 0. The monoisotopic (exact) mass is 392 g/mol. The highest BCUT2D eigenvalue weighted by Gasteiger charge is 2.35. The summed E-state index contributed by atoms with van der Waals surface area (Å²) in [6, 6.07) is 0. The van der Waals surface area contributed by atoms with Crippen molar-refractivity contribution in [3.63, 3.8) is 0 Å². The van der Waals surface area contributed by atoms with Gasteiger partial charge < -0.3 is 15.1 Å². The van der Waals surface area contributed by atoms with Gasteiger partial charge >= 0.3 is 0 Å². The van der Waals surface area contributed by atoms with Gasteiger partial charge in [-0.05, 0) is 56.5 Å². The van der Waals surface area contributed by atoms with Crippen molar-refractivity contribution in [2.75, 3.05) is 46.8 Å². The first-order valence-corrected chi connectivity index (χ1v) is 10.4. The Morgan fingerprint density at radius 1 is 1.25 bits per heavy atom. The molecule has 0 aliphatic heterocycles. The number of hydrogen-bond donors (Lipinski definition) is 2. The van der Waals surface area contributed by atoms with E-state index in [2.05, 4.69) is 48.3 Å². The molecule has 7 nitrogen and oxygen atoms in total. The Morgan fingerprint density at radius 3 is 2.50 bits per heavy atom. The lowest BCUT2D eigenvalue weighted by Crippen LogP contribution is -2.41. The lowest BCUT2D eigenvalue weighted by molar-refractivity contribution is -0.119. The van der Waals surface area contributed by atoms with Gasteiger partial charge in [0.1, 0.15) is 0 Å². The van der Waals surface area contributed by atoms with Crippen molar-refractivity contribution >= 4 is 11.9 Å². The van der Waals surface area contributed by atoms with Gasteiger partial charge in [0, 0.05) is 40.2 Å². The van der Waals surface area contributed by atoms with E-state index < -0.39 is 0 Å². The Balaban J connectivity index is 2.34. The number of nitrogens with zero attached hydrogens (tertiary/aromatic N) is 4. The summed E-state index contributed by atoms with van der Waals surface area (Å²) in [5.41, 5.74) is 0.625. The molecule has 0 aromatic rings. The molecule has 1 amide bonds. The molecule has 0 atom stereocenters. The molecule has 0 saturated heterocycles. The Hall–Kier alpha value is -1.81. The fraction of sp³-hybridized carbons (Fsp3) is 0.857. The number of carbonyl (C=O) groups is 1. The van der Waals surface area contributed by atoms with E-state index in [1.807, 2.05) is 18.1 Å². The van der Waals surface area contributed by atoms with Crippen LogP contribution < -0.4 is 10.6 Å². The average molecular weight is 393 g/mol. The first-order chi connectivity index (χ1) is 13.1. The third-order valence-electron chi connectivity index (χ3n) is 5.64. The zero-order valence-electron chi connectivity index (χ0n) is 18.8. The first kappa shape index (κ1) is 24.2. The summed E-state index contributed by atoms with van der Waals surface area (Å²) >= 11 is 0. The topological polar surface area (TPSA) is 83.8 Å². The maximum atomic E-state index is 11.1. The molecule has 0 radical (unpaired) electrons. The van der Waals surface area contributed by atoms with E-state index >= 15 is 0 Å². The number of guanidine groups is 1. The predicted octanol–water partition coefficient (Wildman–Crippen LogP) is 2.41. The van der Waals surface area contributed by atoms with Crippen molar-refractivity contribution < 1.29 is 4.79 Å². The molecule has 1 saturated carbocycles. The van der Waals surface area contributed by atoms with Crippen LogP contribution in [-0.4, -0.2) is 68.5 Å². The summed E-state index contributed by atoms with van der Waals surface area (Å²) in [6.45, 7) is 12.3. The SMILES string of the molecule is CC(=O)NCC(C)(C)CCN(C)CCN(C)C(=NCCCC1(C)CC1)NC#N. The van der Waals surface area contributed by atoms with Gasteiger partial charge in [-0.3, -0.25) is 15.1 Å². The molecule has 1 aliphatic carbocycles. The van der Waals surface area contributed by atoms with Crippen molar-refractivity contribution in [1.82, 2.24) is 20.4 Å². The van der Waals surface area contributed by atoms with E-state index in [-0.39, 0.29) is 11.3 Å². The number of hydrogen-bond acceptors (Lipinski definition) is 4. The van der Waals surface area contributed by atoms with E-state index in [9.17, 15) is 4.79 Å². The zero-order chi connectivity index (χ0) is 21.2. The lowest BCUT2D eigenvalue weighted by atomic mass is 9.89. The minimum absolute atomic E-state index is 0.0195. The van der Waals surface area contributed by atoms with Crippen molar-refractivity contribution in [2.45, 2.75) is 59.8 Å². The molecular formula is C21H40N6O. The van der Waals surface area contributed by atoms with E-state index in [0.29, 0.717) is 17.9 Å². The number of carbonyl (C=O) groups excluding carboxylic acids is 1. The number of likely N-dealkylation sites (N-methyl/N-ethyl adjacent to an activating group) is 2. The van der Waals surface area contributed by atoms with Crippen LogP contribution in [0.5, 0.6) is 0 Å². The van der Waals surface area contributed by atoms with Crippen LogP contribution in [0.25, 0.3) is 0 Å². The van der Waals surface area contributed by atoms with Crippen molar-refractivity contribution in [3.8, 4) is 6.19 Å². The quantitative estimate of drug-likeness (QED) is 0.175. The van der Waals surface area contributed by atoms with Gasteiger partial charge in [-0.15, -0.1) is 0 Å². The molecule has 0 heterocycles. The van der Waals surface area contributed by atoms with Crippen LogP contribution >= 0.6 is 0 Å². The van der Waals surface area contributed by atoms with Crippen LogP contribution in [0.4, 0.5) is 0 Å². The second-order valence-corrected chi connectivity index (χ2v) is 9.41. The molecule has 1 rings (SSSR count). The second-order valence-electron chi connectivity index (χ2n) is 9.41. The highest BCUT2D eigenvalue weighted by Crippen LogP contribution is 2.48. The fourth-order valence-corrected chi connectivity index (χ4v) is 2.94. The lowest BCUT2D eigenvalue weighted by Gasteiger charge is -2.29. The third kappa shape index (κ3) is 10.5. The fourth-order valence-electron chi connectivity index (χ4n) is 2.94. The highest BCUT2D eigenvalue weighted by molar-refractivity contribution is 5.81. The minimum Gasteiger partial charge on any atom is -0.356 e. The van der Waals surface area contributed by atoms with Crippen LogP contribution in [0.15, 0.2) is 4.99 Å². The molecule has 1 fully saturated rings. The molecule has 1 aliphatic rings. The largest absolute Gasteiger partial charge is 0.356 e. The smallest absolute Gasteiger partial charge is 0.216 e. The first-order valence-electron chi connectivity index (χ1n) is 10.4. The van der Waals surface area contributed by atoms with Gasteiger partial charge in [0.05, 0.1) is 0 Å². The molecule has 160 valence electrons. The van der Waals surface area contributed by atoms with Gasteiger partial charge in [-0.1, -0.05) is 20.8 Å². The van der Waals surface area contributed by atoms with Gasteiger partial charge in [0.2, 0.25) is 11.9 Å². The molecule has 0 bridgehead atoms. The summed E-state index contributed by atoms with van der Waals surface area (Å²) in [6.07, 6.45) is 7.98. The number of rotatable bonds is 12. The normalized spacial score (nSPS) is 15.9. The Labute approximate surface area is 171 Å². The molecule has 0 spiro atoms. The van der Waals surface area contributed by atoms with Crippen molar-refractivity contribution in [2.24, 2.45) is 15.8 Å². The van der Waals surface area contributed by atoms with Gasteiger partial charge in [-0.25, -0.2) is 0 Å². The minimum atomic E-state index is 0.0195. The molecule has 0 unspecified atom stereocenters. The molecular weight excluding hydrogens is 352 g/mol. The number of nitrogens with one attached hydrogen (secondary N) is 2. The average Bonchev–Trinajstić information content (AvgIpc) is 3.36. The molecule has 0 aromatic heterocycles. The number of amides is 1. The van der Waals surface area contributed by atoms with Crippen LogP contribution in [0.3, 0.4) is 0 Å². The van der Waals surface area contributed by atoms with E-state index in [4.69, 9.17) is 5.26 Å². The van der Waals surface area contributed by atoms with E-state index in [0.717, 1.165) is 39.0 Å². The van der Waals surface area contributed by atoms with Crippen LogP contribution in [0.1, 0.15) is 59.8 Å². The Morgan fingerprint density at radius 2 is 1.93 bits per heavy atom. The highest BCUT2D eigenvalue weighted by atomic mass is 16.1. The molecule has 7 heteroatoms. The Bertz CT molecular complexity index is 562. The van der Waals surface area contributed by atoms with Gasteiger partial charge in [0.15, 0.2) is 6.19 Å². The van der Waals surface area contributed by atoms with Crippen molar-refractivity contribution in [3.05, 3.63) is 0 Å². The van der Waals surface area contributed by atoms with Crippen LogP contribution in [0, 0.1) is 22.3 Å². The predicted molar refractivity (Wildman–Crippen MR) is 115 cm³/mol. The maximum absolute atomic E-state index is 11.1. The Kier molecular flexibility index (Phi) is 9.74. The molecule has 28 heavy (non-hydrogen) atoms. The zero-order valence-corrected chi connectivity index (χ0v) is 18.8. The number of nitriles is 1. The molecule has 2 N–H and O–H groups in total. The standard InChI is InChI=1S/C21H40N6O/c1-18(28)24-16-20(2,3)11-13-26(5)14-15-27(6)19(25-17-22)23-12-7-8-21(4)9-10-21/h7-16H2,1-6H3,(H,23,25)(H,24,28). The van der Waals surface area contributed by atoms with Gasteiger partial charge in [0.25, 0.3) is 0 Å². The summed E-state index contributed by atoms with van der Waals surface area (Å²) in [5.74, 6) is 0.675. The van der Waals surface area contributed by atoms with E-state index in [1.54, 1.807) is 6.92 Å². The number of aliphatic imine (C=N–C) groups is 1. The molecule has 0 aromatic carbocycles. The van der Waals surface area contributed by atoms with Crippen LogP contribution in [0.2, 0.25) is 0 Å². The summed E-state index contributed by atoms with van der Waals surface area (Å²) in [7, 11) is 4.08. The second kappa shape index (κ2) is 11.3. The summed E-state index contributed by atoms with van der Waals surface area (Å²) in [4.78, 5) is 20.0. The van der Waals surface area contributed by atoms with E-state index in [1.165, 1.54) is 19.3 Å². The van der Waals surface area contributed by atoms with Gasteiger partial charge in [-0.2, -0.15) is 5.26 Å².